The second-order valence-electron chi connectivity index (χ2n) is 4.00. The lowest BCUT2D eigenvalue weighted by Gasteiger charge is -2.04. The SMILES string of the molecule is [N-]=[N+]=NCCCCCn1c[c]c2ccccc21. The maximum Gasteiger partial charge on any atom is 0.0486 e. The highest BCUT2D eigenvalue weighted by atomic mass is 15.1. The Morgan fingerprint density at radius 2 is 2.12 bits per heavy atom. The fourth-order valence-electron chi connectivity index (χ4n) is 1.93. The minimum Gasteiger partial charge on any atom is -0.347 e. The molecular weight excluding hydrogens is 212 g/mol. The van der Waals surface area contributed by atoms with Crippen molar-refractivity contribution in [1.82, 2.24) is 4.57 Å². The molecule has 0 aliphatic carbocycles. The van der Waals surface area contributed by atoms with Crippen LogP contribution in [-0.2, 0) is 6.54 Å². The minimum atomic E-state index is 0.606. The maximum atomic E-state index is 8.14. The Labute approximate surface area is 100 Å². The van der Waals surface area contributed by atoms with Gasteiger partial charge in [-0.25, -0.2) is 0 Å². The van der Waals surface area contributed by atoms with Crippen LogP contribution in [0, 0.1) is 6.07 Å². The quantitative estimate of drug-likeness (QED) is 0.311. The van der Waals surface area contributed by atoms with Crippen molar-refractivity contribution in [1.29, 1.82) is 0 Å². The number of para-hydroxylation sites is 1. The molecule has 0 unspecified atom stereocenters. The van der Waals surface area contributed by atoms with Crippen molar-refractivity contribution in [3.05, 3.63) is 47.0 Å². The van der Waals surface area contributed by atoms with Gasteiger partial charge < -0.3 is 4.57 Å². The molecule has 2 aromatic rings. The molecule has 0 saturated carbocycles. The van der Waals surface area contributed by atoms with Crippen molar-refractivity contribution in [3.63, 3.8) is 0 Å². The number of unbranched alkanes of at least 4 members (excludes halogenated alkanes) is 2. The van der Waals surface area contributed by atoms with Crippen molar-refractivity contribution in [2.24, 2.45) is 5.11 Å². The highest BCUT2D eigenvalue weighted by molar-refractivity contribution is 5.79. The molecule has 1 aromatic heterocycles. The average molecular weight is 227 g/mol. The third-order valence-corrected chi connectivity index (χ3v) is 2.81. The molecule has 0 spiro atoms. The summed E-state index contributed by atoms with van der Waals surface area (Å²) in [6.45, 7) is 1.61. The first-order chi connectivity index (χ1) is 8.42. The van der Waals surface area contributed by atoms with Gasteiger partial charge in [-0.15, -0.1) is 0 Å². The lowest BCUT2D eigenvalue weighted by Crippen LogP contribution is -1.96. The van der Waals surface area contributed by atoms with Crippen LogP contribution >= 0.6 is 0 Å². The first-order valence-electron chi connectivity index (χ1n) is 5.88. The molecule has 4 heteroatoms. The Morgan fingerprint density at radius 1 is 1.24 bits per heavy atom. The number of azide groups is 1. The second kappa shape index (κ2) is 5.97. The molecule has 0 amide bonds. The van der Waals surface area contributed by atoms with Crippen LogP contribution in [0.1, 0.15) is 19.3 Å². The number of rotatable bonds is 6. The number of hydrogen-bond acceptors (Lipinski definition) is 1. The van der Waals surface area contributed by atoms with Crippen molar-refractivity contribution < 1.29 is 0 Å². The molecule has 1 aromatic carbocycles. The minimum absolute atomic E-state index is 0.606. The van der Waals surface area contributed by atoms with Crippen LogP contribution in [0.25, 0.3) is 21.3 Å². The average Bonchev–Trinajstić information content (AvgIpc) is 2.77. The van der Waals surface area contributed by atoms with E-state index in [1.54, 1.807) is 0 Å². The summed E-state index contributed by atoms with van der Waals surface area (Å²) < 4.78 is 2.23. The molecule has 1 heterocycles. The molecule has 0 fully saturated rings. The number of hydrogen-bond donors (Lipinski definition) is 0. The lowest BCUT2D eigenvalue weighted by molar-refractivity contribution is 0.603. The predicted octanol–water partition coefficient (Wildman–Crippen LogP) is 3.92. The van der Waals surface area contributed by atoms with Crippen molar-refractivity contribution in [2.45, 2.75) is 25.8 Å². The summed E-state index contributed by atoms with van der Waals surface area (Å²) >= 11 is 0. The highest BCUT2D eigenvalue weighted by Gasteiger charge is 1.99. The van der Waals surface area contributed by atoms with Crippen LogP contribution in [-0.4, -0.2) is 11.1 Å². The van der Waals surface area contributed by atoms with E-state index < -0.39 is 0 Å². The van der Waals surface area contributed by atoms with Gasteiger partial charge in [0, 0.05) is 41.2 Å². The third kappa shape index (κ3) is 3.02. The molecule has 0 atom stereocenters. The van der Waals surface area contributed by atoms with Gasteiger partial charge in [-0.05, 0) is 24.4 Å². The van der Waals surface area contributed by atoms with E-state index in [-0.39, 0.29) is 0 Å². The Balaban J connectivity index is 1.85. The molecule has 17 heavy (non-hydrogen) atoms. The summed E-state index contributed by atoms with van der Waals surface area (Å²) in [7, 11) is 0. The molecule has 2 rings (SSSR count). The van der Waals surface area contributed by atoms with Crippen molar-refractivity contribution in [2.75, 3.05) is 6.54 Å². The van der Waals surface area contributed by atoms with Crippen LogP contribution in [0.5, 0.6) is 0 Å². The smallest absolute Gasteiger partial charge is 0.0486 e. The Morgan fingerprint density at radius 3 is 3.00 bits per heavy atom. The van der Waals surface area contributed by atoms with Gasteiger partial charge in [-0.1, -0.05) is 29.7 Å². The van der Waals surface area contributed by atoms with E-state index in [1.165, 1.54) is 10.9 Å². The monoisotopic (exact) mass is 227 g/mol. The van der Waals surface area contributed by atoms with Gasteiger partial charge in [0.2, 0.25) is 0 Å². The predicted molar refractivity (Wildman–Crippen MR) is 68.6 cm³/mol. The van der Waals surface area contributed by atoms with Gasteiger partial charge in [0.05, 0.1) is 0 Å². The van der Waals surface area contributed by atoms with E-state index in [1.807, 2.05) is 18.3 Å². The standard InChI is InChI=1S/C13H15N4/c14-16-15-9-4-1-5-10-17-11-8-12-6-2-3-7-13(12)17/h2-3,6-7,11H,1,4-5,9-10H2. The number of fused-ring (bicyclic) bond motifs is 1. The molecule has 0 saturated heterocycles. The summed E-state index contributed by atoms with van der Waals surface area (Å²) in [5, 5.41) is 4.69. The largest absolute Gasteiger partial charge is 0.347 e. The summed E-state index contributed by atoms with van der Waals surface area (Å²) in [6.07, 6.45) is 5.17. The van der Waals surface area contributed by atoms with Gasteiger partial charge in [0.1, 0.15) is 0 Å². The third-order valence-electron chi connectivity index (χ3n) is 2.81. The van der Waals surface area contributed by atoms with E-state index in [0.717, 1.165) is 25.8 Å². The maximum absolute atomic E-state index is 8.14. The summed E-state index contributed by atoms with van der Waals surface area (Å²) in [4.78, 5) is 2.74. The van der Waals surface area contributed by atoms with Gasteiger partial charge >= 0.3 is 0 Å². The molecule has 0 N–H and O–H groups in total. The highest BCUT2D eigenvalue weighted by Crippen LogP contribution is 2.15. The zero-order valence-electron chi connectivity index (χ0n) is 9.71. The Hall–Kier alpha value is -1.93. The summed E-state index contributed by atoms with van der Waals surface area (Å²) in [5.41, 5.74) is 9.38. The van der Waals surface area contributed by atoms with Crippen LogP contribution < -0.4 is 0 Å². The molecule has 0 aliphatic rings. The normalized spacial score (nSPS) is 10.4. The fraction of sp³-hybridized carbons (Fsp3) is 0.385. The molecule has 87 valence electrons. The van der Waals surface area contributed by atoms with Crippen molar-refractivity contribution in [3.8, 4) is 0 Å². The Bertz CT molecular complexity index is 523. The Kier molecular flexibility index (Phi) is 4.05. The molecular formula is C13H15N4. The number of aryl methyl sites for hydroxylation is 1. The van der Waals surface area contributed by atoms with Crippen molar-refractivity contribution >= 4 is 10.9 Å². The van der Waals surface area contributed by atoms with Gasteiger partial charge in [-0.2, -0.15) is 0 Å². The topological polar surface area (TPSA) is 53.7 Å². The first kappa shape index (κ1) is 11.6. The number of nitrogens with zero attached hydrogens (tertiary/aromatic N) is 4. The zero-order chi connectivity index (χ0) is 11.9. The molecule has 1 radical (unpaired) electrons. The number of aromatic nitrogens is 1. The molecule has 4 nitrogen and oxygen atoms in total. The fourth-order valence-corrected chi connectivity index (χ4v) is 1.93. The second-order valence-corrected chi connectivity index (χ2v) is 4.00. The van der Waals surface area contributed by atoms with Gasteiger partial charge in [0.15, 0.2) is 0 Å². The molecule has 0 aliphatic heterocycles. The lowest BCUT2D eigenvalue weighted by atomic mass is 10.2. The first-order valence-corrected chi connectivity index (χ1v) is 5.88. The number of benzene rings is 1. The van der Waals surface area contributed by atoms with Crippen LogP contribution in [0.4, 0.5) is 0 Å². The van der Waals surface area contributed by atoms with E-state index >= 15 is 0 Å². The van der Waals surface area contributed by atoms with E-state index in [0.29, 0.717) is 6.54 Å². The van der Waals surface area contributed by atoms with Crippen LogP contribution in [0.2, 0.25) is 0 Å². The van der Waals surface area contributed by atoms with E-state index in [4.69, 9.17) is 5.53 Å². The van der Waals surface area contributed by atoms with Gasteiger partial charge in [0.25, 0.3) is 0 Å². The van der Waals surface area contributed by atoms with E-state index in [9.17, 15) is 0 Å². The van der Waals surface area contributed by atoms with Crippen LogP contribution in [0.3, 0.4) is 0 Å². The molecule has 0 bridgehead atoms. The zero-order valence-corrected chi connectivity index (χ0v) is 9.71. The van der Waals surface area contributed by atoms with Crippen LogP contribution in [0.15, 0.2) is 35.6 Å². The summed E-state index contributed by atoms with van der Waals surface area (Å²) in [6, 6.07) is 11.5. The van der Waals surface area contributed by atoms with E-state index in [2.05, 4.69) is 32.8 Å². The summed E-state index contributed by atoms with van der Waals surface area (Å²) in [5.74, 6) is 0. The van der Waals surface area contributed by atoms with Gasteiger partial charge in [-0.3, -0.25) is 0 Å².